The molecule has 0 aliphatic heterocycles. The van der Waals surface area contributed by atoms with Crippen LogP contribution in [0.3, 0.4) is 0 Å². The first kappa shape index (κ1) is 18.7. The van der Waals surface area contributed by atoms with Gasteiger partial charge in [-0.25, -0.2) is 4.79 Å². The molecule has 0 unspecified atom stereocenters. The van der Waals surface area contributed by atoms with E-state index in [4.69, 9.17) is 5.11 Å². The van der Waals surface area contributed by atoms with Crippen molar-refractivity contribution in [2.75, 3.05) is 13.6 Å². The van der Waals surface area contributed by atoms with E-state index in [-0.39, 0.29) is 24.8 Å². The SMILES string of the molecule is CC(=O)N(CCC(=O)N(C)C(C)(C)C(=O)O)Cc1ccccc1. The highest BCUT2D eigenvalue weighted by Gasteiger charge is 2.35. The second-order valence-corrected chi connectivity index (χ2v) is 5.99. The highest BCUT2D eigenvalue weighted by molar-refractivity contribution is 5.86. The number of carbonyl (C=O) groups excluding carboxylic acids is 2. The van der Waals surface area contributed by atoms with Crippen LogP contribution in [0.2, 0.25) is 0 Å². The van der Waals surface area contributed by atoms with Crippen LogP contribution in [0, 0.1) is 0 Å². The maximum absolute atomic E-state index is 12.2. The monoisotopic (exact) mass is 320 g/mol. The van der Waals surface area contributed by atoms with Gasteiger partial charge in [-0.15, -0.1) is 0 Å². The Balaban J connectivity index is 2.67. The molecular weight excluding hydrogens is 296 g/mol. The molecule has 0 aliphatic carbocycles. The van der Waals surface area contributed by atoms with E-state index >= 15 is 0 Å². The fourth-order valence-electron chi connectivity index (χ4n) is 2.01. The number of rotatable bonds is 7. The number of carbonyl (C=O) groups is 3. The average Bonchev–Trinajstić information content (AvgIpc) is 2.50. The lowest BCUT2D eigenvalue weighted by Gasteiger charge is -2.32. The summed E-state index contributed by atoms with van der Waals surface area (Å²) < 4.78 is 0. The second-order valence-electron chi connectivity index (χ2n) is 5.99. The number of hydrogen-bond acceptors (Lipinski definition) is 3. The number of benzene rings is 1. The van der Waals surface area contributed by atoms with Crippen molar-refractivity contribution >= 4 is 17.8 Å². The molecular formula is C17H24N2O4. The number of carboxylic acids is 1. The molecule has 1 N–H and O–H groups in total. The zero-order valence-corrected chi connectivity index (χ0v) is 14.1. The quantitative estimate of drug-likeness (QED) is 0.830. The first-order chi connectivity index (χ1) is 10.7. The van der Waals surface area contributed by atoms with Crippen LogP contribution in [0.4, 0.5) is 0 Å². The van der Waals surface area contributed by atoms with Gasteiger partial charge in [0.05, 0.1) is 0 Å². The predicted octanol–water partition coefficient (Wildman–Crippen LogP) is 1.75. The molecule has 1 rings (SSSR count). The van der Waals surface area contributed by atoms with Gasteiger partial charge in [-0.05, 0) is 19.4 Å². The number of carboxylic acid groups (broad SMARTS) is 1. The number of aliphatic carboxylic acids is 1. The lowest BCUT2D eigenvalue weighted by molar-refractivity contribution is -0.155. The molecule has 0 spiro atoms. The van der Waals surface area contributed by atoms with Gasteiger partial charge in [0.1, 0.15) is 5.54 Å². The number of nitrogens with zero attached hydrogens (tertiary/aromatic N) is 2. The van der Waals surface area contributed by atoms with Crippen molar-refractivity contribution < 1.29 is 19.5 Å². The minimum absolute atomic E-state index is 0.0830. The minimum Gasteiger partial charge on any atom is -0.480 e. The van der Waals surface area contributed by atoms with Gasteiger partial charge in [0.25, 0.3) is 0 Å². The molecule has 0 aliphatic rings. The van der Waals surface area contributed by atoms with E-state index in [0.29, 0.717) is 6.54 Å². The van der Waals surface area contributed by atoms with Crippen molar-refractivity contribution in [1.82, 2.24) is 9.80 Å². The van der Waals surface area contributed by atoms with Gasteiger partial charge in [-0.1, -0.05) is 30.3 Å². The molecule has 126 valence electrons. The lowest BCUT2D eigenvalue weighted by atomic mass is 10.0. The summed E-state index contributed by atoms with van der Waals surface area (Å²) in [5.74, 6) is -1.50. The summed E-state index contributed by atoms with van der Waals surface area (Å²) in [4.78, 5) is 37.9. The molecule has 1 aromatic carbocycles. The summed E-state index contributed by atoms with van der Waals surface area (Å²) >= 11 is 0. The average molecular weight is 320 g/mol. The molecule has 6 heteroatoms. The zero-order valence-electron chi connectivity index (χ0n) is 14.1. The molecule has 0 fully saturated rings. The summed E-state index contributed by atoms with van der Waals surface area (Å²) in [5.41, 5.74) is -0.299. The van der Waals surface area contributed by atoms with E-state index in [1.165, 1.54) is 32.7 Å². The first-order valence-electron chi connectivity index (χ1n) is 7.45. The summed E-state index contributed by atoms with van der Waals surface area (Å²) in [7, 11) is 1.46. The molecule has 2 amide bonds. The zero-order chi connectivity index (χ0) is 17.6. The summed E-state index contributed by atoms with van der Waals surface area (Å²) in [6.07, 6.45) is 0.0830. The van der Waals surface area contributed by atoms with Gasteiger partial charge in [-0.2, -0.15) is 0 Å². The van der Waals surface area contributed by atoms with Crippen molar-refractivity contribution in [1.29, 1.82) is 0 Å². The molecule has 0 heterocycles. The summed E-state index contributed by atoms with van der Waals surface area (Å²) in [6, 6.07) is 9.51. The Labute approximate surface area is 136 Å². The summed E-state index contributed by atoms with van der Waals surface area (Å²) in [6.45, 7) is 5.08. The first-order valence-corrected chi connectivity index (χ1v) is 7.45. The molecule has 1 aromatic rings. The maximum Gasteiger partial charge on any atom is 0.329 e. The van der Waals surface area contributed by atoms with Crippen LogP contribution in [0.5, 0.6) is 0 Å². The molecule has 23 heavy (non-hydrogen) atoms. The highest BCUT2D eigenvalue weighted by Crippen LogP contribution is 2.14. The molecule has 0 saturated carbocycles. The van der Waals surface area contributed by atoms with Crippen molar-refractivity contribution in [3.05, 3.63) is 35.9 Å². The van der Waals surface area contributed by atoms with E-state index in [2.05, 4.69) is 0 Å². The van der Waals surface area contributed by atoms with Crippen LogP contribution < -0.4 is 0 Å². The normalized spacial score (nSPS) is 11.0. The number of likely N-dealkylation sites (N-methyl/N-ethyl adjacent to an activating group) is 1. The third-order valence-corrected chi connectivity index (χ3v) is 3.99. The standard InChI is InChI=1S/C17H24N2O4/c1-13(20)19(12-14-8-6-5-7-9-14)11-10-15(21)18(4)17(2,3)16(22)23/h5-9H,10-12H2,1-4H3,(H,22,23). The van der Waals surface area contributed by atoms with Crippen molar-refractivity contribution in [2.24, 2.45) is 0 Å². The van der Waals surface area contributed by atoms with Crippen LogP contribution in [-0.2, 0) is 20.9 Å². The molecule has 0 saturated heterocycles. The predicted molar refractivity (Wildman–Crippen MR) is 86.6 cm³/mol. The number of amides is 2. The fourth-order valence-corrected chi connectivity index (χ4v) is 2.01. The van der Waals surface area contributed by atoms with Gasteiger partial charge >= 0.3 is 5.97 Å². The second kappa shape index (κ2) is 7.76. The van der Waals surface area contributed by atoms with Crippen LogP contribution in [0.15, 0.2) is 30.3 Å². The van der Waals surface area contributed by atoms with Gasteiger partial charge in [-0.3, -0.25) is 9.59 Å². The van der Waals surface area contributed by atoms with Gasteiger partial charge < -0.3 is 14.9 Å². The third kappa shape index (κ3) is 5.09. The van der Waals surface area contributed by atoms with Crippen molar-refractivity contribution in [2.45, 2.75) is 39.3 Å². The number of hydrogen-bond donors (Lipinski definition) is 1. The van der Waals surface area contributed by atoms with Crippen molar-refractivity contribution in [3.8, 4) is 0 Å². The highest BCUT2D eigenvalue weighted by atomic mass is 16.4. The van der Waals surface area contributed by atoms with Crippen molar-refractivity contribution in [3.63, 3.8) is 0 Å². The van der Waals surface area contributed by atoms with Gasteiger partial charge in [0, 0.05) is 33.5 Å². The minimum atomic E-state index is -1.28. The molecule has 6 nitrogen and oxygen atoms in total. The van der Waals surface area contributed by atoms with Crippen LogP contribution >= 0.6 is 0 Å². The van der Waals surface area contributed by atoms with E-state index in [1.54, 1.807) is 4.90 Å². The molecule has 0 bridgehead atoms. The largest absolute Gasteiger partial charge is 0.480 e. The molecule has 0 atom stereocenters. The van der Waals surface area contributed by atoms with E-state index < -0.39 is 11.5 Å². The topological polar surface area (TPSA) is 77.9 Å². The Morgan fingerprint density at radius 3 is 2.17 bits per heavy atom. The van der Waals surface area contributed by atoms with E-state index in [0.717, 1.165) is 5.56 Å². The molecule has 0 radical (unpaired) electrons. The Hall–Kier alpha value is -2.37. The third-order valence-electron chi connectivity index (χ3n) is 3.99. The summed E-state index contributed by atoms with van der Waals surface area (Å²) in [5, 5.41) is 9.16. The maximum atomic E-state index is 12.2. The Morgan fingerprint density at radius 1 is 1.13 bits per heavy atom. The lowest BCUT2D eigenvalue weighted by Crippen LogP contribution is -2.51. The van der Waals surface area contributed by atoms with Crippen LogP contribution in [0.1, 0.15) is 32.8 Å². The van der Waals surface area contributed by atoms with Crippen LogP contribution in [-0.4, -0.2) is 51.8 Å². The van der Waals surface area contributed by atoms with Gasteiger partial charge in [0.2, 0.25) is 11.8 Å². The van der Waals surface area contributed by atoms with E-state index in [9.17, 15) is 14.4 Å². The Morgan fingerprint density at radius 2 is 1.70 bits per heavy atom. The Kier molecular flexibility index (Phi) is 6.30. The Bertz CT molecular complexity index is 569. The van der Waals surface area contributed by atoms with Gasteiger partial charge in [0.15, 0.2) is 0 Å². The fraction of sp³-hybridized carbons (Fsp3) is 0.471. The van der Waals surface area contributed by atoms with E-state index in [1.807, 2.05) is 30.3 Å². The molecule has 0 aromatic heterocycles. The van der Waals surface area contributed by atoms with Crippen LogP contribution in [0.25, 0.3) is 0 Å². The smallest absolute Gasteiger partial charge is 0.329 e.